The monoisotopic (exact) mass is 268 g/mol. The van der Waals surface area contributed by atoms with Crippen LogP contribution >= 0.6 is 0 Å². The molecule has 0 aliphatic rings. The second-order valence-electron chi connectivity index (χ2n) is 3.46. The van der Waals surface area contributed by atoms with E-state index in [0.717, 1.165) is 0 Å². The van der Waals surface area contributed by atoms with Crippen LogP contribution in [0.3, 0.4) is 0 Å². The summed E-state index contributed by atoms with van der Waals surface area (Å²) >= 11 is 0. The lowest BCUT2D eigenvalue weighted by molar-refractivity contribution is 0.0992. The van der Waals surface area contributed by atoms with Gasteiger partial charge in [0.15, 0.2) is 0 Å². The molecule has 0 saturated carbocycles. The lowest BCUT2D eigenvalue weighted by Gasteiger charge is -1.89. The van der Waals surface area contributed by atoms with Crippen molar-refractivity contribution in [3.63, 3.8) is 0 Å². The second kappa shape index (κ2) is 9.13. The summed E-state index contributed by atoms with van der Waals surface area (Å²) in [5, 5.41) is 0. The van der Waals surface area contributed by atoms with Crippen molar-refractivity contribution in [3.8, 4) is 0 Å². The van der Waals surface area contributed by atoms with E-state index in [0.29, 0.717) is 11.1 Å². The minimum Gasteiger partial charge on any atom is -0.366 e. The molecule has 0 spiro atoms. The van der Waals surface area contributed by atoms with E-state index in [9.17, 15) is 9.59 Å². The third kappa shape index (κ3) is 6.59. The number of benzene rings is 2. The molecule has 19 heavy (non-hydrogen) atoms. The van der Waals surface area contributed by atoms with E-state index in [2.05, 4.69) is 0 Å². The molecule has 4 nitrogen and oxygen atoms in total. The van der Waals surface area contributed by atoms with Crippen molar-refractivity contribution in [2.75, 3.05) is 0 Å². The van der Waals surface area contributed by atoms with Crippen LogP contribution in [0.2, 0.25) is 0 Å². The molecule has 0 heterocycles. The Labute approximate surface area is 127 Å². The molecule has 0 unspecified atom stereocenters. The van der Waals surface area contributed by atoms with Gasteiger partial charge in [-0.05, 0) is 24.3 Å². The van der Waals surface area contributed by atoms with Crippen LogP contribution in [0.5, 0.6) is 0 Å². The van der Waals surface area contributed by atoms with E-state index in [1.807, 2.05) is 12.1 Å². The Morgan fingerprint density at radius 3 is 1.05 bits per heavy atom. The highest BCUT2D eigenvalue weighted by molar-refractivity contribution is 5.93. The molecule has 0 aromatic heterocycles. The summed E-state index contributed by atoms with van der Waals surface area (Å²) in [5.74, 6) is -0.758. The maximum absolute atomic E-state index is 10.4. The highest BCUT2D eigenvalue weighted by Gasteiger charge is 1.94. The van der Waals surface area contributed by atoms with Crippen molar-refractivity contribution < 1.29 is 9.59 Å². The van der Waals surface area contributed by atoms with Crippen LogP contribution in [-0.4, -0.2) is 34.9 Å². The Morgan fingerprint density at radius 1 is 0.632 bits per heavy atom. The lowest BCUT2D eigenvalue weighted by atomic mass is 10.2. The standard InChI is InChI=1S/2C7H7NO.Mg.2H/c2*8-7(9)6-4-2-1-3-5-6;;;/h2*1-5H,(H2,8,9);;;. The fourth-order valence-electron chi connectivity index (χ4n) is 1.20. The number of primary amides is 2. The molecular weight excluding hydrogens is 252 g/mol. The van der Waals surface area contributed by atoms with Crippen molar-refractivity contribution in [2.24, 2.45) is 11.5 Å². The van der Waals surface area contributed by atoms with E-state index in [-0.39, 0.29) is 34.9 Å². The van der Waals surface area contributed by atoms with Crippen LogP contribution in [0.4, 0.5) is 0 Å². The number of hydrogen-bond donors (Lipinski definition) is 2. The molecule has 4 N–H and O–H groups in total. The molecule has 0 aliphatic carbocycles. The van der Waals surface area contributed by atoms with E-state index in [1.165, 1.54) is 0 Å². The zero-order valence-electron chi connectivity index (χ0n) is 9.74. The Kier molecular flexibility index (Phi) is 8.24. The van der Waals surface area contributed by atoms with Gasteiger partial charge in [0.2, 0.25) is 11.8 Å². The van der Waals surface area contributed by atoms with Crippen LogP contribution in [0.1, 0.15) is 20.7 Å². The van der Waals surface area contributed by atoms with Crippen LogP contribution in [-0.2, 0) is 0 Å². The van der Waals surface area contributed by atoms with Gasteiger partial charge >= 0.3 is 23.1 Å². The normalized spacial score (nSPS) is 8.42. The smallest absolute Gasteiger partial charge is 0.316 e. The molecular formula is C14H16MgN2O2. The predicted octanol–water partition coefficient (Wildman–Crippen LogP) is 0.655. The number of carbonyl (C=O) groups excluding carboxylic acids is 2. The molecule has 0 fully saturated rings. The molecule has 0 aliphatic heterocycles. The van der Waals surface area contributed by atoms with Crippen LogP contribution in [0.25, 0.3) is 0 Å². The van der Waals surface area contributed by atoms with Gasteiger partial charge in [0.25, 0.3) is 0 Å². The van der Waals surface area contributed by atoms with Crippen molar-refractivity contribution in [1.29, 1.82) is 0 Å². The number of carbonyl (C=O) groups is 2. The molecule has 2 aromatic carbocycles. The quantitative estimate of drug-likeness (QED) is 0.784. The highest BCUT2D eigenvalue weighted by atomic mass is 24.3. The van der Waals surface area contributed by atoms with Gasteiger partial charge < -0.3 is 11.5 Å². The van der Waals surface area contributed by atoms with E-state index in [4.69, 9.17) is 11.5 Å². The Bertz CT molecular complexity index is 466. The number of nitrogens with two attached hydrogens (primary N) is 2. The average molecular weight is 269 g/mol. The van der Waals surface area contributed by atoms with Gasteiger partial charge in [-0.2, -0.15) is 0 Å². The molecule has 2 amide bonds. The first kappa shape index (κ1) is 17.1. The van der Waals surface area contributed by atoms with E-state index in [1.54, 1.807) is 48.5 Å². The number of hydrogen-bond acceptors (Lipinski definition) is 2. The summed E-state index contributed by atoms with van der Waals surface area (Å²) in [6.07, 6.45) is 0. The minimum absolute atomic E-state index is 0. The van der Waals surface area contributed by atoms with Crippen molar-refractivity contribution in [1.82, 2.24) is 0 Å². The number of rotatable bonds is 2. The second-order valence-corrected chi connectivity index (χ2v) is 3.46. The van der Waals surface area contributed by atoms with Gasteiger partial charge in [0.05, 0.1) is 0 Å². The Balaban J connectivity index is 0.000000324. The zero-order chi connectivity index (χ0) is 13.4. The molecule has 2 aromatic rings. The molecule has 0 atom stereocenters. The van der Waals surface area contributed by atoms with Crippen LogP contribution < -0.4 is 11.5 Å². The third-order valence-corrected chi connectivity index (χ3v) is 2.12. The fraction of sp³-hybridized carbons (Fsp3) is 0. The molecule has 0 bridgehead atoms. The van der Waals surface area contributed by atoms with Gasteiger partial charge in [-0.1, -0.05) is 36.4 Å². The summed E-state index contributed by atoms with van der Waals surface area (Å²) in [6, 6.07) is 17.5. The Hall–Kier alpha value is -1.85. The minimum atomic E-state index is -0.379. The van der Waals surface area contributed by atoms with Crippen molar-refractivity contribution >= 4 is 34.9 Å². The predicted molar refractivity (Wildman–Crippen MR) is 78.5 cm³/mol. The summed E-state index contributed by atoms with van der Waals surface area (Å²) in [5.41, 5.74) is 11.1. The average Bonchev–Trinajstić information content (AvgIpc) is 2.41. The fourth-order valence-corrected chi connectivity index (χ4v) is 1.20. The maximum Gasteiger partial charge on any atom is 0.316 e. The molecule has 2 rings (SSSR count). The lowest BCUT2D eigenvalue weighted by Crippen LogP contribution is -2.09. The van der Waals surface area contributed by atoms with E-state index >= 15 is 0 Å². The largest absolute Gasteiger partial charge is 0.366 e. The summed E-state index contributed by atoms with van der Waals surface area (Å²) in [7, 11) is 0. The van der Waals surface area contributed by atoms with Gasteiger partial charge in [0.1, 0.15) is 0 Å². The zero-order valence-corrected chi connectivity index (χ0v) is 9.74. The van der Waals surface area contributed by atoms with Crippen LogP contribution in [0.15, 0.2) is 60.7 Å². The first-order chi connectivity index (χ1) is 8.61. The number of amides is 2. The third-order valence-electron chi connectivity index (χ3n) is 2.12. The SMILES string of the molecule is NC(=O)c1ccccc1.NC(=O)c1ccccc1.[MgH2]. The maximum atomic E-state index is 10.4. The van der Waals surface area contributed by atoms with Crippen molar-refractivity contribution in [3.05, 3.63) is 71.8 Å². The van der Waals surface area contributed by atoms with Crippen LogP contribution in [0, 0.1) is 0 Å². The Morgan fingerprint density at radius 2 is 0.895 bits per heavy atom. The highest BCUT2D eigenvalue weighted by Crippen LogP contribution is 1.95. The topological polar surface area (TPSA) is 86.2 Å². The van der Waals surface area contributed by atoms with E-state index < -0.39 is 0 Å². The van der Waals surface area contributed by atoms with Gasteiger partial charge in [-0.3, -0.25) is 9.59 Å². The first-order valence-electron chi connectivity index (χ1n) is 5.31. The first-order valence-corrected chi connectivity index (χ1v) is 5.31. The summed E-state index contributed by atoms with van der Waals surface area (Å²) in [4.78, 5) is 20.8. The van der Waals surface area contributed by atoms with Gasteiger partial charge in [-0.15, -0.1) is 0 Å². The summed E-state index contributed by atoms with van der Waals surface area (Å²) < 4.78 is 0. The molecule has 96 valence electrons. The molecule has 0 saturated heterocycles. The van der Waals surface area contributed by atoms with Gasteiger partial charge in [0, 0.05) is 11.1 Å². The molecule has 0 radical (unpaired) electrons. The van der Waals surface area contributed by atoms with Gasteiger partial charge in [-0.25, -0.2) is 0 Å². The summed E-state index contributed by atoms with van der Waals surface area (Å²) in [6.45, 7) is 0. The molecule has 5 heteroatoms. The van der Waals surface area contributed by atoms with Crippen molar-refractivity contribution in [2.45, 2.75) is 0 Å².